The third-order valence-electron chi connectivity index (χ3n) is 6.06. The van der Waals surface area contributed by atoms with Crippen molar-refractivity contribution in [3.8, 4) is 5.75 Å². The molecule has 3 aliphatic rings. The Labute approximate surface area is 184 Å². The zero-order valence-corrected chi connectivity index (χ0v) is 18.6. The van der Waals surface area contributed by atoms with Gasteiger partial charge in [0.1, 0.15) is 5.75 Å². The molecule has 0 radical (unpaired) electrons. The van der Waals surface area contributed by atoms with Crippen molar-refractivity contribution in [1.82, 2.24) is 4.90 Å². The molecule has 1 aromatic carbocycles. The monoisotopic (exact) mass is 472 g/mol. The van der Waals surface area contributed by atoms with E-state index in [1.807, 2.05) is 12.1 Å². The number of halogens is 1. The number of amides is 1. The van der Waals surface area contributed by atoms with E-state index in [0.717, 1.165) is 60.3 Å². The summed E-state index contributed by atoms with van der Waals surface area (Å²) in [6, 6.07) is 5.53. The summed E-state index contributed by atoms with van der Waals surface area (Å²) < 4.78 is 6.11. The molecule has 0 atom stereocenters. The molecule has 30 heavy (non-hydrogen) atoms. The second kappa shape index (κ2) is 8.38. The molecule has 0 saturated carbocycles. The Kier molecular flexibility index (Phi) is 5.82. The third kappa shape index (κ3) is 3.60. The Morgan fingerprint density at radius 1 is 1.10 bits per heavy atom. The Morgan fingerprint density at radius 3 is 2.20 bits per heavy atom. The normalized spacial score (nSPS) is 19.7. The van der Waals surface area contributed by atoms with E-state index in [4.69, 9.17) is 10.5 Å². The van der Waals surface area contributed by atoms with Crippen LogP contribution in [0, 0.1) is 0 Å². The SMILES string of the molecule is CCN1C2=C(C(=O)CCC2)C(c2ccc(OCC(N)=O)c(Br)c2)C2=C1CCCC2=O. The molecule has 1 aromatic rings. The van der Waals surface area contributed by atoms with Crippen LogP contribution >= 0.6 is 15.9 Å². The van der Waals surface area contributed by atoms with Crippen LogP contribution in [0.25, 0.3) is 0 Å². The fourth-order valence-electron chi connectivity index (χ4n) is 4.89. The van der Waals surface area contributed by atoms with E-state index in [1.54, 1.807) is 6.07 Å². The van der Waals surface area contributed by atoms with E-state index in [0.29, 0.717) is 23.1 Å². The third-order valence-corrected chi connectivity index (χ3v) is 6.68. The fraction of sp³-hybridized carbons (Fsp3) is 0.435. The van der Waals surface area contributed by atoms with E-state index in [9.17, 15) is 14.4 Å². The zero-order chi connectivity index (χ0) is 21.4. The van der Waals surface area contributed by atoms with E-state index < -0.39 is 5.91 Å². The average Bonchev–Trinajstić information content (AvgIpc) is 2.71. The van der Waals surface area contributed by atoms with Gasteiger partial charge in [0.2, 0.25) is 0 Å². The van der Waals surface area contributed by atoms with Gasteiger partial charge in [-0.3, -0.25) is 14.4 Å². The molecule has 0 aromatic heterocycles. The summed E-state index contributed by atoms with van der Waals surface area (Å²) in [5, 5.41) is 0. The number of nitrogens with zero attached hydrogens (tertiary/aromatic N) is 1. The lowest BCUT2D eigenvalue weighted by atomic mass is 9.71. The number of hydrogen-bond acceptors (Lipinski definition) is 5. The number of carbonyl (C=O) groups excluding carboxylic acids is 3. The number of Topliss-reactive ketones (excluding diaryl/α,β-unsaturated/α-hetero) is 2. The van der Waals surface area contributed by atoms with Gasteiger partial charge in [0.15, 0.2) is 18.2 Å². The second-order valence-corrected chi connectivity index (χ2v) is 8.75. The summed E-state index contributed by atoms with van der Waals surface area (Å²) >= 11 is 3.51. The molecule has 7 heteroatoms. The summed E-state index contributed by atoms with van der Waals surface area (Å²) in [6.07, 6.45) is 4.45. The van der Waals surface area contributed by atoms with Gasteiger partial charge in [-0.25, -0.2) is 0 Å². The Balaban J connectivity index is 1.84. The molecular weight excluding hydrogens is 448 g/mol. The first-order chi connectivity index (χ1) is 14.4. The average molecular weight is 473 g/mol. The first-order valence-corrected chi connectivity index (χ1v) is 11.2. The minimum absolute atomic E-state index is 0.134. The maximum Gasteiger partial charge on any atom is 0.255 e. The van der Waals surface area contributed by atoms with Crippen molar-refractivity contribution in [1.29, 1.82) is 0 Å². The number of primary amides is 1. The Bertz CT molecular complexity index is 951. The van der Waals surface area contributed by atoms with Gasteiger partial charge in [-0.2, -0.15) is 0 Å². The number of hydrogen-bond donors (Lipinski definition) is 1. The van der Waals surface area contributed by atoms with Crippen LogP contribution in [0.4, 0.5) is 0 Å². The minimum Gasteiger partial charge on any atom is -0.483 e. The van der Waals surface area contributed by atoms with E-state index in [1.165, 1.54) is 0 Å². The maximum absolute atomic E-state index is 13.1. The lowest BCUT2D eigenvalue weighted by Crippen LogP contribution is -2.39. The highest BCUT2D eigenvalue weighted by Gasteiger charge is 2.42. The maximum atomic E-state index is 13.1. The fourth-order valence-corrected chi connectivity index (χ4v) is 5.41. The first kappa shape index (κ1) is 20.8. The van der Waals surface area contributed by atoms with Crippen molar-refractivity contribution in [3.05, 3.63) is 50.8 Å². The first-order valence-electron chi connectivity index (χ1n) is 10.4. The predicted molar refractivity (Wildman–Crippen MR) is 116 cm³/mol. The number of benzene rings is 1. The standard InChI is InChI=1S/C23H25BrN2O4/c1-2-26-15-5-3-7-17(27)22(15)21(23-16(26)6-4-8-18(23)28)13-9-10-19(14(24)11-13)30-12-20(25)29/h9-11,21H,2-8,12H2,1H3,(H2,25,29). The van der Waals surface area contributed by atoms with E-state index in [-0.39, 0.29) is 24.1 Å². The van der Waals surface area contributed by atoms with Gasteiger partial charge in [-0.1, -0.05) is 6.07 Å². The quantitative estimate of drug-likeness (QED) is 0.704. The Morgan fingerprint density at radius 2 is 1.70 bits per heavy atom. The smallest absolute Gasteiger partial charge is 0.255 e. The molecule has 0 bridgehead atoms. The van der Waals surface area contributed by atoms with Gasteiger partial charge in [-0.15, -0.1) is 0 Å². The summed E-state index contributed by atoms with van der Waals surface area (Å²) in [7, 11) is 0. The molecule has 2 N–H and O–H groups in total. The van der Waals surface area contributed by atoms with Gasteiger partial charge in [0, 0.05) is 47.8 Å². The van der Waals surface area contributed by atoms with Gasteiger partial charge >= 0.3 is 0 Å². The van der Waals surface area contributed by atoms with Gasteiger partial charge in [0.05, 0.1) is 4.47 Å². The van der Waals surface area contributed by atoms with Crippen LogP contribution in [-0.4, -0.2) is 35.5 Å². The second-order valence-electron chi connectivity index (χ2n) is 7.90. The molecule has 0 saturated heterocycles. The van der Waals surface area contributed by atoms with Crippen molar-refractivity contribution in [2.75, 3.05) is 13.2 Å². The van der Waals surface area contributed by atoms with Crippen LogP contribution < -0.4 is 10.5 Å². The van der Waals surface area contributed by atoms with Crippen molar-refractivity contribution < 1.29 is 19.1 Å². The number of allylic oxidation sites excluding steroid dienone is 4. The van der Waals surface area contributed by atoms with E-state index >= 15 is 0 Å². The number of nitrogens with two attached hydrogens (primary N) is 1. The Hall–Kier alpha value is -2.41. The summed E-state index contributed by atoms with van der Waals surface area (Å²) in [5.41, 5.74) is 9.76. The molecule has 1 heterocycles. The highest BCUT2D eigenvalue weighted by Crippen LogP contribution is 2.49. The molecular formula is C23H25BrN2O4. The minimum atomic E-state index is -0.553. The van der Waals surface area contributed by atoms with E-state index in [2.05, 4.69) is 27.8 Å². The highest BCUT2D eigenvalue weighted by molar-refractivity contribution is 9.10. The lowest BCUT2D eigenvalue weighted by Gasteiger charge is -2.43. The molecule has 0 unspecified atom stereocenters. The van der Waals surface area contributed by atoms with Crippen LogP contribution in [0.15, 0.2) is 45.2 Å². The number of ketones is 2. The van der Waals surface area contributed by atoms with Crippen LogP contribution in [0.3, 0.4) is 0 Å². The predicted octanol–water partition coefficient (Wildman–Crippen LogP) is 3.75. The topological polar surface area (TPSA) is 89.7 Å². The molecule has 0 fully saturated rings. The molecule has 4 rings (SSSR count). The number of ether oxygens (including phenoxy) is 1. The molecule has 1 amide bonds. The van der Waals surface area contributed by atoms with Crippen LogP contribution in [-0.2, 0) is 14.4 Å². The summed E-state index contributed by atoms with van der Waals surface area (Å²) in [4.78, 5) is 39.4. The summed E-state index contributed by atoms with van der Waals surface area (Å²) in [5.74, 6) is -0.135. The van der Waals surface area contributed by atoms with Gasteiger partial charge in [-0.05, 0) is 66.2 Å². The lowest BCUT2D eigenvalue weighted by molar-refractivity contribution is -0.120. The van der Waals surface area contributed by atoms with Gasteiger partial charge in [0.25, 0.3) is 5.91 Å². The van der Waals surface area contributed by atoms with Crippen LogP contribution in [0.1, 0.15) is 56.9 Å². The largest absolute Gasteiger partial charge is 0.483 e. The van der Waals surface area contributed by atoms with Crippen molar-refractivity contribution in [2.24, 2.45) is 5.73 Å². The number of rotatable bonds is 5. The molecule has 6 nitrogen and oxygen atoms in total. The highest BCUT2D eigenvalue weighted by atomic mass is 79.9. The zero-order valence-electron chi connectivity index (χ0n) is 17.0. The summed E-state index contributed by atoms with van der Waals surface area (Å²) in [6.45, 7) is 2.62. The van der Waals surface area contributed by atoms with Crippen molar-refractivity contribution >= 4 is 33.4 Å². The van der Waals surface area contributed by atoms with Gasteiger partial charge < -0.3 is 15.4 Å². The molecule has 158 valence electrons. The van der Waals surface area contributed by atoms with Crippen molar-refractivity contribution in [3.63, 3.8) is 0 Å². The number of carbonyl (C=O) groups is 3. The molecule has 1 aliphatic heterocycles. The van der Waals surface area contributed by atoms with Crippen LogP contribution in [0.5, 0.6) is 5.75 Å². The van der Waals surface area contributed by atoms with Crippen LogP contribution in [0.2, 0.25) is 0 Å². The van der Waals surface area contributed by atoms with Crippen molar-refractivity contribution in [2.45, 2.75) is 51.4 Å². The molecule has 0 spiro atoms. The molecule has 2 aliphatic carbocycles.